The van der Waals surface area contributed by atoms with Crippen molar-refractivity contribution in [3.8, 4) is 0 Å². The van der Waals surface area contributed by atoms with Crippen LogP contribution in [0.15, 0.2) is 63.1 Å². The number of fused-ring (bicyclic) bond motifs is 6. The molecule has 0 atom stereocenters. The van der Waals surface area contributed by atoms with E-state index in [1.165, 1.54) is 19.9 Å². The zero-order valence-electron chi connectivity index (χ0n) is 14.4. The second-order valence-electron chi connectivity index (χ2n) is 5.73. The molecule has 1 heterocycles. The summed E-state index contributed by atoms with van der Waals surface area (Å²) in [5.41, 5.74) is 0. The molecule has 0 radical (unpaired) electrons. The molecule has 0 spiro atoms. The Bertz CT molecular complexity index is 1210. The third-order valence-electron chi connectivity index (χ3n) is 3.62. The molecule has 0 aromatic heterocycles. The summed E-state index contributed by atoms with van der Waals surface area (Å²) in [6.07, 6.45) is 1.17. The maximum absolute atomic E-state index is 11.6. The molecule has 1 N–H and O–H groups in total. The van der Waals surface area contributed by atoms with Gasteiger partial charge in [-0.2, -0.15) is 17.2 Å². The maximum atomic E-state index is 11.6. The Morgan fingerprint density at radius 2 is 1.59 bits per heavy atom. The number of benzene rings is 3. The van der Waals surface area contributed by atoms with E-state index < -0.39 is 10.2 Å². The molecule has 0 amide bonds. The van der Waals surface area contributed by atoms with Gasteiger partial charge in [0, 0.05) is 32.5 Å². The Morgan fingerprint density at radius 3 is 2.19 bits per heavy atom. The number of ketones is 1. The van der Waals surface area contributed by atoms with Gasteiger partial charge in [0.2, 0.25) is 0 Å². The molecule has 3 aromatic rings. The van der Waals surface area contributed by atoms with Crippen molar-refractivity contribution in [3.05, 3.63) is 71.1 Å². The molecule has 8 heteroatoms. The first-order chi connectivity index (χ1) is 12.3. The molecule has 0 unspecified atom stereocenters. The number of hydrogen-bond donors (Lipinski definition) is 1. The van der Waals surface area contributed by atoms with Crippen molar-refractivity contribution in [3.63, 3.8) is 0 Å². The molecule has 4 rings (SSSR count). The summed E-state index contributed by atoms with van der Waals surface area (Å²) in [5, 5.41) is 12.6. The van der Waals surface area contributed by atoms with Gasteiger partial charge in [-0.25, -0.2) is 0 Å². The van der Waals surface area contributed by atoms with Crippen molar-refractivity contribution in [2.45, 2.75) is 13.8 Å². The topological polar surface area (TPSA) is 96.2 Å². The number of aliphatic hydroxyl groups is 1. The van der Waals surface area contributed by atoms with E-state index in [4.69, 9.17) is 5.11 Å². The van der Waals surface area contributed by atoms with Gasteiger partial charge in [0.05, 0.1) is 11.1 Å². The first-order valence-electron chi connectivity index (χ1n) is 7.72. The van der Waals surface area contributed by atoms with Crippen LogP contribution >= 0.6 is 0 Å². The van der Waals surface area contributed by atoms with Crippen molar-refractivity contribution < 1.29 is 39.4 Å². The summed E-state index contributed by atoms with van der Waals surface area (Å²) >= 11 is 0. The first-order valence-corrected chi connectivity index (χ1v) is 9.12. The Balaban J connectivity index is 0.000000285. The normalized spacial score (nSPS) is 14.2. The van der Waals surface area contributed by atoms with E-state index in [0.29, 0.717) is 16.1 Å². The largest absolute Gasteiger partial charge is 0.512 e. The van der Waals surface area contributed by atoms with Crippen LogP contribution in [-0.4, -0.2) is 19.3 Å². The standard InChI is InChI=1S/C14H7N2O2S.C5H8O2.Pt/c17-19(18)15-13-11-7-3-1-5-9(11)10-6-2-4-8-12(10)14(13)16-19;1-4(6)3-5(2)7;/h1-7H;3,6H,1-2H3;/q-1;;. The van der Waals surface area contributed by atoms with Gasteiger partial charge in [0.15, 0.2) is 5.78 Å². The van der Waals surface area contributed by atoms with Crippen LogP contribution in [0.4, 0.5) is 0 Å². The molecule has 0 bridgehead atoms. The van der Waals surface area contributed by atoms with Crippen molar-refractivity contribution in [1.82, 2.24) is 0 Å². The predicted molar refractivity (Wildman–Crippen MR) is 98.6 cm³/mol. The molecule has 0 saturated heterocycles. The van der Waals surface area contributed by atoms with Gasteiger partial charge in [0.25, 0.3) is 0 Å². The zero-order valence-corrected chi connectivity index (χ0v) is 17.5. The third-order valence-corrected chi connectivity index (χ3v) is 4.44. The minimum absolute atomic E-state index is 0. The summed E-state index contributed by atoms with van der Waals surface area (Å²) in [4.78, 5) is 10.0. The fourth-order valence-corrected chi connectivity index (χ4v) is 3.62. The van der Waals surface area contributed by atoms with Crippen LogP contribution in [-0.2, 0) is 36.1 Å². The monoisotopic (exact) mass is 562 g/mol. The molecule has 1 aliphatic heterocycles. The van der Waals surface area contributed by atoms with Gasteiger partial charge in [-0.3, -0.25) is 4.79 Å². The molecule has 1 aliphatic rings. The van der Waals surface area contributed by atoms with E-state index in [1.807, 2.05) is 36.4 Å². The van der Waals surface area contributed by atoms with Gasteiger partial charge in [-0.05, 0) is 19.2 Å². The summed E-state index contributed by atoms with van der Waals surface area (Å²) in [6, 6.07) is 16.2. The second-order valence-corrected chi connectivity index (χ2v) is 6.99. The summed E-state index contributed by atoms with van der Waals surface area (Å²) < 4.78 is 30.7. The number of hydrogen-bond acceptors (Lipinski definition) is 4. The molecule has 142 valence electrons. The fourth-order valence-electron chi connectivity index (χ4n) is 2.75. The van der Waals surface area contributed by atoms with Crippen molar-refractivity contribution in [2.24, 2.45) is 8.80 Å². The van der Waals surface area contributed by atoms with E-state index in [9.17, 15) is 13.2 Å². The van der Waals surface area contributed by atoms with Crippen molar-refractivity contribution in [1.29, 1.82) is 0 Å². The van der Waals surface area contributed by atoms with Gasteiger partial charge in [0.1, 0.15) is 0 Å². The molecule has 27 heavy (non-hydrogen) atoms. The second kappa shape index (κ2) is 8.11. The molecular formula is C19H15N2O4PtS-. The third kappa shape index (κ3) is 4.49. The maximum Gasteiger partial charge on any atom is 0.354 e. The smallest absolute Gasteiger partial charge is 0.354 e. The Morgan fingerprint density at radius 1 is 1.00 bits per heavy atom. The SMILES string of the molecule is CC(=O)C=C(C)O.O=S1(=O)N=c2c(c3ccccc3c3ccc[c-]c23)=N1.[Pt]. The van der Waals surface area contributed by atoms with Crippen LogP contribution in [0, 0.1) is 6.07 Å². The van der Waals surface area contributed by atoms with Gasteiger partial charge < -0.3 is 5.11 Å². The molecule has 0 aliphatic carbocycles. The Kier molecular flexibility index (Phi) is 6.29. The van der Waals surface area contributed by atoms with E-state index >= 15 is 0 Å². The number of carbonyl (C=O) groups excluding carboxylic acids is 1. The zero-order chi connectivity index (χ0) is 18.9. The Hall–Kier alpha value is -2.37. The van der Waals surface area contributed by atoms with Gasteiger partial charge >= 0.3 is 10.2 Å². The average Bonchev–Trinajstić information content (AvgIpc) is 2.90. The number of nitrogens with zero attached hydrogens (tertiary/aromatic N) is 2. The molecule has 6 nitrogen and oxygen atoms in total. The van der Waals surface area contributed by atoms with Crippen molar-refractivity contribution >= 4 is 37.5 Å². The van der Waals surface area contributed by atoms with E-state index in [0.717, 1.165) is 16.2 Å². The average molecular weight is 562 g/mol. The number of aliphatic hydroxyl groups excluding tert-OH is 1. The fraction of sp³-hybridized carbons (Fsp3) is 0.105. The van der Waals surface area contributed by atoms with Crippen LogP contribution in [0.25, 0.3) is 21.5 Å². The predicted octanol–water partition coefficient (Wildman–Crippen LogP) is 2.33. The molecule has 0 fully saturated rings. The van der Waals surface area contributed by atoms with E-state index in [-0.39, 0.29) is 32.6 Å². The quantitative estimate of drug-likeness (QED) is 0.213. The van der Waals surface area contributed by atoms with Crippen LogP contribution in [0.2, 0.25) is 0 Å². The van der Waals surface area contributed by atoms with Crippen LogP contribution < -0.4 is 10.7 Å². The minimum Gasteiger partial charge on any atom is -0.512 e. The van der Waals surface area contributed by atoms with Crippen LogP contribution in [0.5, 0.6) is 0 Å². The molecule has 3 aromatic carbocycles. The minimum atomic E-state index is -3.76. The molecular weight excluding hydrogens is 547 g/mol. The van der Waals surface area contributed by atoms with Gasteiger partial charge in [-0.15, -0.1) is 29.7 Å². The van der Waals surface area contributed by atoms with E-state index in [2.05, 4.69) is 14.9 Å². The summed E-state index contributed by atoms with van der Waals surface area (Å²) in [5.74, 6) is -0.0625. The van der Waals surface area contributed by atoms with Crippen LogP contribution in [0.1, 0.15) is 13.8 Å². The summed E-state index contributed by atoms with van der Waals surface area (Å²) in [6.45, 7) is 2.85. The number of allylic oxidation sites excluding steroid dienone is 2. The van der Waals surface area contributed by atoms with Crippen LogP contribution in [0.3, 0.4) is 0 Å². The molecule has 0 saturated carbocycles. The first kappa shape index (κ1) is 20.9. The summed E-state index contributed by atoms with van der Waals surface area (Å²) in [7, 11) is -3.76. The Labute approximate surface area is 170 Å². The van der Waals surface area contributed by atoms with E-state index in [1.54, 1.807) is 6.07 Å². The number of rotatable bonds is 1. The van der Waals surface area contributed by atoms with Crippen molar-refractivity contribution in [2.75, 3.05) is 0 Å². The number of carbonyl (C=O) groups is 1. The van der Waals surface area contributed by atoms with Gasteiger partial charge in [-0.1, -0.05) is 35.0 Å².